The Morgan fingerprint density at radius 1 is 0.410 bits per heavy atom. The van der Waals surface area contributed by atoms with Crippen molar-refractivity contribution < 1.29 is 4.42 Å². The summed E-state index contributed by atoms with van der Waals surface area (Å²) in [5.41, 5.74) is 5.06. The predicted molar refractivity (Wildman–Crippen MR) is 156 cm³/mol. The van der Waals surface area contributed by atoms with Crippen LogP contribution in [-0.4, -0.2) is 19.9 Å². The predicted octanol–water partition coefficient (Wildman–Crippen LogP) is 8.47. The highest BCUT2D eigenvalue weighted by Crippen LogP contribution is 2.37. The number of rotatable bonds is 3. The normalized spacial score (nSPS) is 11.6. The van der Waals surface area contributed by atoms with E-state index in [1.54, 1.807) is 0 Å². The molecule has 0 saturated heterocycles. The largest absolute Gasteiger partial charge is 0.456 e. The van der Waals surface area contributed by atoms with E-state index in [0.29, 0.717) is 23.2 Å². The Labute approximate surface area is 223 Å². The molecule has 0 amide bonds. The summed E-state index contributed by atoms with van der Waals surface area (Å²) in [5, 5.41) is 5.30. The molecule has 8 aromatic rings. The van der Waals surface area contributed by atoms with Gasteiger partial charge in [0.25, 0.3) is 0 Å². The van der Waals surface area contributed by atoms with Crippen molar-refractivity contribution in [1.82, 2.24) is 19.9 Å². The zero-order chi connectivity index (χ0) is 25.8. The molecule has 5 heteroatoms. The Balaban J connectivity index is 1.43. The zero-order valence-electron chi connectivity index (χ0n) is 20.7. The Kier molecular flexibility index (Phi) is 4.76. The van der Waals surface area contributed by atoms with Crippen molar-refractivity contribution in [3.63, 3.8) is 0 Å². The summed E-state index contributed by atoms with van der Waals surface area (Å²) in [6.07, 6.45) is 0. The molecule has 39 heavy (non-hydrogen) atoms. The first kappa shape index (κ1) is 21.6. The summed E-state index contributed by atoms with van der Waals surface area (Å²) in [6, 6.07) is 40.7. The maximum atomic E-state index is 6.17. The topological polar surface area (TPSA) is 64.7 Å². The summed E-state index contributed by atoms with van der Waals surface area (Å²) < 4.78 is 6.17. The highest BCUT2D eigenvalue weighted by molar-refractivity contribution is 6.11. The van der Waals surface area contributed by atoms with Gasteiger partial charge in [0.1, 0.15) is 16.9 Å². The lowest BCUT2D eigenvalue weighted by Gasteiger charge is -2.11. The van der Waals surface area contributed by atoms with Crippen molar-refractivity contribution in [1.29, 1.82) is 0 Å². The van der Waals surface area contributed by atoms with Crippen LogP contribution in [0, 0.1) is 0 Å². The zero-order valence-corrected chi connectivity index (χ0v) is 20.7. The molecule has 0 atom stereocenters. The molecule has 0 radical (unpaired) electrons. The van der Waals surface area contributed by atoms with Gasteiger partial charge in [-0.2, -0.15) is 0 Å². The van der Waals surface area contributed by atoms with Crippen LogP contribution in [0.5, 0.6) is 0 Å². The van der Waals surface area contributed by atoms with Gasteiger partial charge in [-0.3, -0.25) is 0 Å². The van der Waals surface area contributed by atoms with Gasteiger partial charge in [-0.25, -0.2) is 19.9 Å². The second-order valence-corrected chi connectivity index (χ2v) is 9.50. The monoisotopic (exact) mass is 500 g/mol. The van der Waals surface area contributed by atoms with Crippen LogP contribution in [0.4, 0.5) is 0 Å². The first-order valence-corrected chi connectivity index (χ1v) is 12.8. The molecule has 0 saturated carbocycles. The van der Waals surface area contributed by atoms with E-state index in [1.165, 1.54) is 0 Å². The molecule has 0 spiro atoms. The minimum atomic E-state index is 0.526. The number of fused-ring (bicyclic) bond motifs is 5. The van der Waals surface area contributed by atoms with Gasteiger partial charge in [-0.1, -0.05) is 97.1 Å². The summed E-state index contributed by atoms with van der Waals surface area (Å²) in [4.78, 5) is 19.9. The number of aromatic nitrogens is 4. The highest BCUT2D eigenvalue weighted by Gasteiger charge is 2.19. The van der Waals surface area contributed by atoms with Crippen molar-refractivity contribution in [2.75, 3.05) is 0 Å². The number of hydrogen-bond donors (Lipinski definition) is 0. The molecule has 5 nitrogen and oxygen atoms in total. The molecular weight excluding hydrogens is 480 g/mol. The maximum Gasteiger partial charge on any atom is 0.182 e. The third kappa shape index (κ3) is 3.55. The fourth-order valence-electron chi connectivity index (χ4n) is 5.30. The van der Waals surface area contributed by atoms with Crippen molar-refractivity contribution >= 4 is 43.6 Å². The van der Waals surface area contributed by atoms with Gasteiger partial charge in [0.2, 0.25) is 0 Å². The number of para-hydroxylation sites is 2. The lowest BCUT2D eigenvalue weighted by atomic mass is 10.0. The summed E-state index contributed by atoms with van der Waals surface area (Å²) >= 11 is 0. The molecule has 0 N–H and O–H groups in total. The van der Waals surface area contributed by atoms with E-state index in [0.717, 1.165) is 54.7 Å². The third-order valence-corrected chi connectivity index (χ3v) is 7.14. The quantitative estimate of drug-likeness (QED) is 0.243. The maximum absolute atomic E-state index is 6.17. The fraction of sp³-hybridized carbons (Fsp3) is 0. The lowest BCUT2D eigenvalue weighted by Crippen LogP contribution is -2.02. The first-order chi connectivity index (χ1) is 19.3. The summed E-state index contributed by atoms with van der Waals surface area (Å²) in [5.74, 6) is 1.71. The van der Waals surface area contributed by atoms with E-state index in [2.05, 4.69) is 42.5 Å². The van der Waals surface area contributed by atoms with Gasteiger partial charge in [-0.15, -0.1) is 0 Å². The molecule has 182 valence electrons. The Morgan fingerprint density at radius 2 is 1.05 bits per heavy atom. The van der Waals surface area contributed by atoms with Gasteiger partial charge in [0, 0.05) is 27.3 Å². The molecule has 0 aliphatic carbocycles. The van der Waals surface area contributed by atoms with Gasteiger partial charge >= 0.3 is 0 Å². The van der Waals surface area contributed by atoms with Crippen LogP contribution in [-0.2, 0) is 0 Å². The lowest BCUT2D eigenvalue weighted by molar-refractivity contribution is 0.669. The van der Waals surface area contributed by atoms with E-state index in [1.807, 2.05) is 78.9 Å². The molecule has 8 rings (SSSR count). The minimum Gasteiger partial charge on any atom is -0.456 e. The Hall–Kier alpha value is -5.42. The van der Waals surface area contributed by atoms with E-state index in [-0.39, 0.29) is 0 Å². The van der Waals surface area contributed by atoms with Crippen molar-refractivity contribution in [2.24, 2.45) is 0 Å². The highest BCUT2D eigenvalue weighted by atomic mass is 16.3. The van der Waals surface area contributed by atoms with Gasteiger partial charge in [0.15, 0.2) is 17.5 Å². The van der Waals surface area contributed by atoms with Crippen LogP contribution in [0.1, 0.15) is 0 Å². The van der Waals surface area contributed by atoms with E-state index in [9.17, 15) is 0 Å². The molecule has 3 heterocycles. The minimum absolute atomic E-state index is 0.526. The number of nitrogens with zero attached hydrogens (tertiary/aromatic N) is 4. The Bertz CT molecular complexity index is 2190. The van der Waals surface area contributed by atoms with E-state index < -0.39 is 0 Å². The average Bonchev–Trinajstić information content (AvgIpc) is 3.39. The van der Waals surface area contributed by atoms with Crippen molar-refractivity contribution in [3.8, 4) is 34.3 Å². The summed E-state index contributed by atoms with van der Waals surface area (Å²) in [6.45, 7) is 0. The molecule has 3 aromatic heterocycles. The molecule has 5 aromatic carbocycles. The number of hydrogen-bond acceptors (Lipinski definition) is 5. The molecule has 0 fully saturated rings. The Morgan fingerprint density at radius 3 is 1.97 bits per heavy atom. The van der Waals surface area contributed by atoms with E-state index >= 15 is 0 Å². The smallest absolute Gasteiger partial charge is 0.182 e. The van der Waals surface area contributed by atoms with Crippen LogP contribution in [0.2, 0.25) is 0 Å². The SMILES string of the molecule is c1ccc2nc(-c3nc(-c4cccc5ccccc45)nc(-c4cccc5oc6ccccc6c45)n3)ccc2c1. The molecule has 0 unspecified atom stereocenters. The van der Waals surface area contributed by atoms with Crippen LogP contribution >= 0.6 is 0 Å². The molecule has 0 aliphatic rings. The second kappa shape index (κ2) is 8.57. The molecular formula is C34H20N4O. The number of furan rings is 1. The van der Waals surface area contributed by atoms with Crippen LogP contribution in [0.15, 0.2) is 126 Å². The van der Waals surface area contributed by atoms with Gasteiger partial charge < -0.3 is 4.42 Å². The van der Waals surface area contributed by atoms with Crippen LogP contribution in [0.25, 0.3) is 77.9 Å². The van der Waals surface area contributed by atoms with Gasteiger partial charge in [0.05, 0.1) is 5.52 Å². The third-order valence-electron chi connectivity index (χ3n) is 7.14. The summed E-state index contributed by atoms with van der Waals surface area (Å²) in [7, 11) is 0. The average molecular weight is 501 g/mol. The van der Waals surface area contributed by atoms with Crippen molar-refractivity contribution in [2.45, 2.75) is 0 Å². The van der Waals surface area contributed by atoms with Gasteiger partial charge in [-0.05, 0) is 35.0 Å². The fourth-order valence-corrected chi connectivity index (χ4v) is 5.30. The standard InChI is InChI=1S/C34H20N4O/c1-3-12-23-21(9-1)11-7-14-24(23)32-36-33(26-15-8-18-30-31(26)25-13-4-6-17-29(25)39-30)38-34(37-32)28-20-19-22-10-2-5-16-27(22)35-28/h1-20H. The number of pyridine rings is 1. The molecule has 0 aliphatic heterocycles. The number of benzene rings is 5. The first-order valence-electron chi connectivity index (χ1n) is 12.8. The van der Waals surface area contributed by atoms with Crippen LogP contribution in [0.3, 0.4) is 0 Å². The molecule has 0 bridgehead atoms. The van der Waals surface area contributed by atoms with Crippen molar-refractivity contribution in [3.05, 3.63) is 121 Å². The second-order valence-electron chi connectivity index (χ2n) is 9.50. The van der Waals surface area contributed by atoms with Crippen LogP contribution < -0.4 is 0 Å². The van der Waals surface area contributed by atoms with E-state index in [4.69, 9.17) is 24.4 Å².